The van der Waals surface area contributed by atoms with Crippen LogP contribution < -0.4 is 4.74 Å². The largest absolute Gasteiger partial charge is 0.481 e. The Labute approximate surface area is 114 Å². The van der Waals surface area contributed by atoms with Crippen molar-refractivity contribution in [2.75, 3.05) is 7.11 Å². The van der Waals surface area contributed by atoms with Crippen molar-refractivity contribution in [3.63, 3.8) is 0 Å². The number of aromatic nitrogens is 1. The summed E-state index contributed by atoms with van der Waals surface area (Å²) in [6.07, 6.45) is 1.64. The van der Waals surface area contributed by atoms with Gasteiger partial charge in [0.15, 0.2) is 0 Å². The summed E-state index contributed by atoms with van der Waals surface area (Å²) >= 11 is 1.13. The average molecular weight is 304 g/mol. The van der Waals surface area contributed by atoms with Gasteiger partial charge in [0.2, 0.25) is 5.88 Å². The standard InChI is InChI=1S/C11H10ClNO3S2/c1-7-5-10(18(12,14)15)17-11(7)8-3-4-9(16-2)13-6-8/h3-6H,1-2H3. The van der Waals surface area contributed by atoms with Crippen molar-refractivity contribution in [2.45, 2.75) is 11.1 Å². The fourth-order valence-corrected chi connectivity index (χ4v) is 3.77. The molecule has 0 radical (unpaired) electrons. The van der Waals surface area contributed by atoms with Crippen LogP contribution in [0, 0.1) is 6.92 Å². The van der Waals surface area contributed by atoms with E-state index in [4.69, 9.17) is 15.4 Å². The van der Waals surface area contributed by atoms with E-state index in [1.54, 1.807) is 18.3 Å². The highest BCUT2D eigenvalue weighted by molar-refractivity contribution is 8.15. The molecule has 0 spiro atoms. The molecule has 2 aromatic heterocycles. The Morgan fingerprint density at radius 3 is 2.56 bits per heavy atom. The minimum atomic E-state index is -3.68. The van der Waals surface area contributed by atoms with Crippen molar-refractivity contribution in [3.05, 3.63) is 30.0 Å². The second kappa shape index (κ2) is 4.87. The molecule has 18 heavy (non-hydrogen) atoms. The number of aryl methyl sites for hydroxylation is 1. The maximum absolute atomic E-state index is 11.3. The second-order valence-corrected chi connectivity index (χ2v) is 7.45. The lowest BCUT2D eigenvalue weighted by Crippen LogP contribution is -1.86. The zero-order valence-electron chi connectivity index (χ0n) is 9.68. The van der Waals surface area contributed by atoms with Crippen LogP contribution in [0.2, 0.25) is 0 Å². The van der Waals surface area contributed by atoms with Gasteiger partial charge in [0.05, 0.1) is 7.11 Å². The van der Waals surface area contributed by atoms with Crippen LogP contribution in [0.1, 0.15) is 5.56 Å². The highest BCUT2D eigenvalue weighted by Gasteiger charge is 2.17. The first kappa shape index (κ1) is 13.3. The molecule has 0 atom stereocenters. The first-order valence-electron chi connectivity index (χ1n) is 4.97. The maximum atomic E-state index is 11.3. The molecule has 2 rings (SSSR count). The number of nitrogens with zero attached hydrogens (tertiary/aromatic N) is 1. The summed E-state index contributed by atoms with van der Waals surface area (Å²) < 4.78 is 27.7. The zero-order chi connectivity index (χ0) is 13.3. The lowest BCUT2D eigenvalue weighted by atomic mass is 10.2. The topological polar surface area (TPSA) is 56.3 Å². The van der Waals surface area contributed by atoms with E-state index in [-0.39, 0.29) is 4.21 Å². The van der Waals surface area contributed by atoms with E-state index < -0.39 is 9.05 Å². The van der Waals surface area contributed by atoms with Gasteiger partial charge in [-0.25, -0.2) is 13.4 Å². The van der Waals surface area contributed by atoms with Crippen molar-refractivity contribution in [2.24, 2.45) is 0 Å². The van der Waals surface area contributed by atoms with Crippen molar-refractivity contribution < 1.29 is 13.2 Å². The molecule has 0 N–H and O–H groups in total. The molecule has 96 valence electrons. The van der Waals surface area contributed by atoms with Gasteiger partial charge in [-0.1, -0.05) is 0 Å². The Morgan fingerprint density at radius 2 is 2.11 bits per heavy atom. The van der Waals surface area contributed by atoms with Crippen LogP contribution in [0.5, 0.6) is 5.88 Å². The quantitative estimate of drug-likeness (QED) is 0.818. The summed E-state index contributed by atoms with van der Waals surface area (Å²) in [6.45, 7) is 1.83. The third-order valence-corrected chi connectivity index (χ3v) is 5.70. The van der Waals surface area contributed by atoms with E-state index in [1.165, 1.54) is 7.11 Å². The van der Waals surface area contributed by atoms with E-state index >= 15 is 0 Å². The number of rotatable bonds is 3. The van der Waals surface area contributed by atoms with Gasteiger partial charge in [-0.3, -0.25) is 0 Å². The van der Waals surface area contributed by atoms with Gasteiger partial charge in [0.25, 0.3) is 9.05 Å². The SMILES string of the molecule is COc1ccc(-c2sc(S(=O)(=O)Cl)cc2C)cn1. The molecular weight excluding hydrogens is 294 g/mol. The predicted molar refractivity (Wildman–Crippen MR) is 71.9 cm³/mol. The van der Waals surface area contributed by atoms with E-state index in [0.717, 1.165) is 27.3 Å². The second-order valence-electron chi connectivity index (χ2n) is 3.60. The molecule has 2 aromatic rings. The molecule has 4 nitrogen and oxygen atoms in total. The molecule has 0 amide bonds. The number of thiophene rings is 1. The molecule has 0 aromatic carbocycles. The summed E-state index contributed by atoms with van der Waals surface area (Å²) in [6, 6.07) is 5.12. The first-order chi connectivity index (χ1) is 8.41. The van der Waals surface area contributed by atoms with Crippen LogP contribution in [0.3, 0.4) is 0 Å². The fraction of sp³-hybridized carbons (Fsp3) is 0.182. The Morgan fingerprint density at radius 1 is 1.39 bits per heavy atom. The highest BCUT2D eigenvalue weighted by atomic mass is 35.7. The van der Waals surface area contributed by atoms with Gasteiger partial charge in [-0.15, -0.1) is 11.3 Å². The monoisotopic (exact) mass is 303 g/mol. The van der Waals surface area contributed by atoms with Crippen LogP contribution in [-0.2, 0) is 9.05 Å². The van der Waals surface area contributed by atoms with Crippen LogP contribution in [0.15, 0.2) is 28.6 Å². The molecule has 0 aliphatic rings. The highest BCUT2D eigenvalue weighted by Crippen LogP contribution is 2.35. The van der Waals surface area contributed by atoms with Crippen LogP contribution in [0.4, 0.5) is 0 Å². The summed E-state index contributed by atoms with van der Waals surface area (Å²) in [7, 11) is 3.18. The molecule has 0 fully saturated rings. The van der Waals surface area contributed by atoms with E-state index in [0.29, 0.717) is 5.88 Å². The summed E-state index contributed by atoms with van der Waals surface area (Å²) in [4.78, 5) is 4.93. The zero-order valence-corrected chi connectivity index (χ0v) is 12.1. The van der Waals surface area contributed by atoms with Gasteiger partial charge >= 0.3 is 0 Å². The molecule has 0 saturated carbocycles. The molecular formula is C11H10ClNO3S2. The van der Waals surface area contributed by atoms with Crippen molar-refractivity contribution in [3.8, 4) is 16.3 Å². The number of methoxy groups -OCH3 is 1. The van der Waals surface area contributed by atoms with Gasteiger partial charge in [0, 0.05) is 33.4 Å². The molecule has 0 unspecified atom stereocenters. The Bertz CT molecular complexity index is 662. The summed E-state index contributed by atoms with van der Waals surface area (Å²) in [5.74, 6) is 0.512. The predicted octanol–water partition coefficient (Wildman–Crippen LogP) is 3.05. The number of halogens is 1. The van der Waals surface area contributed by atoms with Crippen LogP contribution in [0.25, 0.3) is 10.4 Å². The van der Waals surface area contributed by atoms with Gasteiger partial charge in [-0.05, 0) is 24.6 Å². The minimum Gasteiger partial charge on any atom is -0.481 e. The van der Waals surface area contributed by atoms with E-state index in [2.05, 4.69) is 4.98 Å². The molecule has 0 aliphatic heterocycles. The van der Waals surface area contributed by atoms with Crippen molar-refractivity contribution >= 4 is 31.1 Å². The number of ether oxygens (including phenoxy) is 1. The summed E-state index contributed by atoms with van der Waals surface area (Å²) in [5, 5.41) is 0. The normalized spacial score (nSPS) is 11.5. The molecule has 2 heterocycles. The Balaban J connectivity index is 2.47. The number of hydrogen-bond donors (Lipinski definition) is 0. The van der Waals surface area contributed by atoms with Gasteiger partial charge < -0.3 is 4.74 Å². The third kappa shape index (κ3) is 2.66. The maximum Gasteiger partial charge on any atom is 0.270 e. The number of pyridine rings is 1. The van der Waals surface area contributed by atoms with E-state index in [1.807, 2.05) is 13.0 Å². The molecule has 0 aliphatic carbocycles. The minimum absolute atomic E-state index is 0.146. The number of hydrogen-bond acceptors (Lipinski definition) is 5. The molecule has 0 bridgehead atoms. The average Bonchev–Trinajstić information content (AvgIpc) is 2.71. The molecule has 7 heteroatoms. The van der Waals surface area contributed by atoms with Crippen LogP contribution >= 0.6 is 22.0 Å². The van der Waals surface area contributed by atoms with Crippen molar-refractivity contribution in [1.82, 2.24) is 4.98 Å². The third-order valence-electron chi connectivity index (χ3n) is 2.34. The molecule has 0 saturated heterocycles. The Kier molecular flexibility index (Phi) is 3.61. The lowest BCUT2D eigenvalue weighted by molar-refractivity contribution is 0.398. The van der Waals surface area contributed by atoms with Gasteiger partial charge in [-0.2, -0.15) is 0 Å². The summed E-state index contributed by atoms with van der Waals surface area (Å²) in [5.41, 5.74) is 1.69. The van der Waals surface area contributed by atoms with Crippen LogP contribution in [-0.4, -0.2) is 20.5 Å². The van der Waals surface area contributed by atoms with Crippen molar-refractivity contribution in [1.29, 1.82) is 0 Å². The lowest BCUT2D eigenvalue weighted by Gasteiger charge is -2.01. The smallest absolute Gasteiger partial charge is 0.270 e. The Hall–Kier alpha value is -1.11. The van der Waals surface area contributed by atoms with Gasteiger partial charge in [0.1, 0.15) is 4.21 Å². The fourth-order valence-electron chi connectivity index (χ4n) is 1.49. The van der Waals surface area contributed by atoms with E-state index in [9.17, 15) is 8.42 Å². The first-order valence-corrected chi connectivity index (χ1v) is 8.10.